The summed E-state index contributed by atoms with van der Waals surface area (Å²) in [5.74, 6) is 0.0767. The van der Waals surface area contributed by atoms with Crippen molar-refractivity contribution in [2.24, 2.45) is 0 Å². The first-order valence-electron chi connectivity index (χ1n) is 8.99. The van der Waals surface area contributed by atoms with E-state index in [1.807, 2.05) is 10.8 Å². The lowest BCUT2D eigenvalue weighted by Crippen LogP contribution is -2.25. The normalized spacial score (nSPS) is 11.1. The van der Waals surface area contributed by atoms with Gasteiger partial charge in [-0.1, -0.05) is 18.2 Å². The number of nitrogens with zero attached hydrogens (tertiary/aromatic N) is 2. The molecule has 2 N–H and O–H groups in total. The summed E-state index contributed by atoms with van der Waals surface area (Å²) in [4.78, 5) is 16.3. The van der Waals surface area contributed by atoms with Crippen molar-refractivity contribution < 1.29 is 17.9 Å². The molecule has 0 saturated carbocycles. The Hall–Kier alpha value is -3.33. The number of sulfonamides is 1. The second-order valence-electron chi connectivity index (χ2n) is 6.24. The molecule has 0 aliphatic heterocycles. The largest absolute Gasteiger partial charge is 0.495 e. The summed E-state index contributed by atoms with van der Waals surface area (Å²) < 4.78 is 35.0. The van der Waals surface area contributed by atoms with Crippen LogP contribution in [0.1, 0.15) is 16.8 Å². The smallest absolute Gasteiger partial charge is 0.262 e. The molecule has 1 heterocycles. The van der Waals surface area contributed by atoms with E-state index >= 15 is 0 Å². The lowest BCUT2D eigenvalue weighted by molar-refractivity contribution is 0.0952. The van der Waals surface area contributed by atoms with Crippen molar-refractivity contribution in [2.75, 3.05) is 18.4 Å². The van der Waals surface area contributed by atoms with E-state index < -0.39 is 10.0 Å². The van der Waals surface area contributed by atoms with E-state index in [1.165, 1.54) is 25.3 Å². The molecule has 2 aromatic carbocycles. The van der Waals surface area contributed by atoms with Gasteiger partial charge in [0.25, 0.3) is 15.9 Å². The van der Waals surface area contributed by atoms with E-state index in [0.717, 1.165) is 13.0 Å². The minimum Gasteiger partial charge on any atom is -0.495 e. The zero-order valence-corrected chi connectivity index (χ0v) is 16.7. The molecule has 0 atom stereocenters. The Morgan fingerprint density at radius 3 is 2.76 bits per heavy atom. The van der Waals surface area contributed by atoms with E-state index in [0.29, 0.717) is 18.0 Å². The quantitative estimate of drug-likeness (QED) is 0.524. The number of carbonyl (C=O) groups excluding carboxylic acids is 1. The van der Waals surface area contributed by atoms with Crippen LogP contribution in [0.25, 0.3) is 0 Å². The molecule has 0 saturated heterocycles. The molecule has 1 aromatic heterocycles. The van der Waals surface area contributed by atoms with Crippen molar-refractivity contribution in [3.8, 4) is 5.75 Å². The zero-order chi connectivity index (χ0) is 20.7. The molecule has 1 amide bonds. The number of amides is 1. The first kappa shape index (κ1) is 20.4. The number of nitrogens with one attached hydrogen (secondary N) is 2. The fourth-order valence-corrected chi connectivity index (χ4v) is 3.84. The standard InChI is InChI=1S/C20H22N4O4S/c1-28-19-9-3-2-8-18(19)23-29(26,27)17-7-4-6-16(14-17)20(25)22-10-5-12-24-13-11-21-15-24/h2-4,6-9,11,13-15,23H,5,10,12H2,1H3,(H,22,25). The SMILES string of the molecule is COc1ccccc1NS(=O)(=O)c1cccc(C(=O)NCCCn2ccnc2)c1. The van der Waals surface area contributed by atoms with Crippen molar-refractivity contribution >= 4 is 21.6 Å². The number of aromatic nitrogens is 2. The highest BCUT2D eigenvalue weighted by molar-refractivity contribution is 7.92. The molecule has 152 valence electrons. The van der Waals surface area contributed by atoms with E-state index in [9.17, 15) is 13.2 Å². The Bertz CT molecular complexity index is 1070. The summed E-state index contributed by atoms with van der Waals surface area (Å²) in [5, 5.41) is 2.80. The van der Waals surface area contributed by atoms with Gasteiger partial charge in [0, 0.05) is 31.0 Å². The van der Waals surface area contributed by atoms with Crippen molar-refractivity contribution in [1.29, 1.82) is 0 Å². The van der Waals surface area contributed by atoms with Crippen molar-refractivity contribution in [3.05, 3.63) is 72.8 Å². The molecular formula is C20H22N4O4S. The number of rotatable bonds is 9. The number of methoxy groups -OCH3 is 1. The molecule has 0 bridgehead atoms. The number of carbonyl (C=O) groups is 1. The molecule has 29 heavy (non-hydrogen) atoms. The van der Waals surface area contributed by atoms with Gasteiger partial charge < -0.3 is 14.6 Å². The molecule has 9 heteroatoms. The summed E-state index contributed by atoms with van der Waals surface area (Å²) in [6.45, 7) is 1.20. The summed E-state index contributed by atoms with van der Waals surface area (Å²) in [6, 6.07) is 12.6. The highest BCUT2D eigenvalue weighted by atomic mass is 32.2. The number of aryl methyl sites for hydroxylation is 1. The number of ether oxygens (including phenoxy) is 1. The molecular weight excluding hydrogens is 392 g/mol. The second kappa shape index (κ2) is 9.24. The van der Waals surface area contributed by atoms with Crippen LogP contribution >= 0.6 is 0 Å². The van der Waals surface area contributed by atoms with Gasteiger partial charge in [-0.25, -0.2) is 13.4 Å². The van der Waals surface area contributed by atoms with Crippen LogP contribution < -0.4 is 14.8 Å². The van der Waals surface area contributed by atoms with E-state index in [1.54, 1.807) is 42.9 Å². The average Bonchev–Trinajstić information content (AvgIpc) is 3.25. The van der Waals surface area contributed by atoms with Gasteiger partial charge in [-0.2, -0.15) is 0 Å². The van der Waals surface area contributed by atoms with Crippen LogP contribution in [0, 0.1) is 0 Å². The van der Waals surface area contributed by atoms with E-state index in [2.05, 4.69) is 15.0 Å². The maximum absolute atomic E-state index is 12.7. The van der Waals surface area contributed by atoms with Crippen LogP contribution in [0.15, 0.2) is 72.1 Å². The average molecular weight is 414 g/mol. The molecule has 0 radical (unpaired) electrons. The highest BCUT2D eigenvalue weighted by Gasteiger charge is 2.18. The van der Waals surface area contributed by atoms with Gasteiger partial charge in [0.2, 0.25) is 0 Å². The van der Waals surface area contributed by atoms with E-state index in [-0.39, 0.29) is 16.4 Å². The number of anilines is 1. The Morgan fingerprint density at radius 1 is 1.17 bits per heavy atom. The molecule has 3 aromatic rings. The third kappa shape index (κ3) is 5.35. The lowest BCUT2D eigenvalue weighted by Gasteiger charge is -2.12. The Morgan fingerprint density at radius 2 is 2.00 bits per heavy atom. The Balaban J connectivity index is 1.65. The van der Waals surface area contributed by atoms with Gasteiger partial charge in [-0.15, -0.1) is 0 Å². The van der Waals surface area contributed by atoms with Gasteiger partial charge in [0.1, 0.15) is 5.75 Å². The molecule has 0 unspecified atom stereocenters. The lowest BCUT2D eigenvalue weighted by atomic mass is 10.2. The third-order valence-electron chi connectivity index (χ3n) is 4.20. The topological polar surface area (TPSA) is 102 Å². The maximum Gasteiger partial charge on any atom is 0.262 e. The highest BCUT2D eigenvalue weighted by Crippen LogP contribution is 2.26. The van der Waals surface area contributed by atoms with Crippen molar-refractivity contribution in [2.45, 2.75) is 17.9 Å². The minimum atomic E-state index is -3.88. The fourth-order valence-electron chi connectivity index (χ4n) is 2.72. The molecule has 3 rings (SSSR count). The summed E-state index contributed by atoms with van der Waals surface area (Å²) in [5.41, 5.74) is 0.597. The Kier molecular flexibility index (Phi) is 6.50. The van der Waals surface area contributed by atoms with Crippen LogP contribution in [-0.4, -0.2) is 37.5 Å². The first-order valence-corrected chi connectivity index (χ1v) is 10.5. The van der Waals surface area contributed by atoms with Gasteiger partial charge in [-0.3, -0.25) is 9.52 Å². The molecule has 0 spiro atoms. The first-order chi connectivity index (χ1) is 14.0. The Labute approximate surface area is 169 Å². The number of hydrogen-bond acceptors (Lipinski definition) is 5. The van der Waals surface area contributed by atoms with Gasteiger partial charge >= 0.3 is 0 Å². The molecule has 0 fully saturated rings. The van der Waals surface area contributed by atoms with Gasteiger partial charge in [0.05, 0.1) is 24.0 Å². The number of para-hydroxylation sites is 2. The third-order valence-corrected chi connectivity index (χ3v) is 5.56. The van der Waals surface area contributed by atoms with Crippen LogP contribution in [0.5, 0.6) is 5.75 Å². The van der Waals surface area contributed by atoms with E-state index in [4.69, 9.17) is 4.74 Å². The summed E-state index contributed by atoms with van der Waals surface area (Å²) >= 11 is 0. The van der Waals surface area contributed by atoms with Crippen LogP contribution in [0.4, 0.5) is 5.69 Å². The zero-order valence-electron chi connectivity index (χ0n) is 15.9. The van der Waals surface area contributed by atoms with Gasteiger partial charge in [-0.05, 0) is 36.8 Å². The van der Waals surface area contributed by atoms with Crippen LogP contribution in [0.3, 0.4) is 0 Å². The summed E-state index contributed by atoms with van der Waals surface area (Å²) in [7, 11) is -2.41. The summed E-state index contributed by atoms with van der Waals surface area (Å²) in [6.07, 6.45) is 5.99. The predicted molar refractivity (Wildman–Crippen MR) is 109 cm³/mol. The number of hydrogen-bond donors (Lipinski definition) is 2. The van der Waals surface area contributed by atoms with Crippen LogP contribution in [-0.2, 0) is 16.6 Å². The monoisotopic (exact) mass is 414 g/mol. The fraction of sp³-hybridized carbons (Fsp3) is 0.200. The van der Waals surface area contributed by atoms with Gasteiger partial charge in [0.15, 0.2) is 0 Å². The maximum atomic E-state index is 12.7. The molecule has 0 aliphatic rings. The molecule has 8 nitrogen and oxygen atoms in total. The van der Waals surface area contributed by atoms with Crippen molar-refractivity contribution in [3.63, 3.8) is 0 Å². The number of imidazole rings is 1. The second-order valence-corrected chi connectivity index (χ2v) is 7.93. The predicted octanol–water partition coefficient (Wildman–Crippen LogP) is 2.51. The van der Waals surface area contributed by atoms with Crippen molar-refractivity contribution in [1.82, 2.24) is 14.9 Å². The molecule has 0 aliphatic carbocycles. The minimum absolute atomic E-state index is 0.00512. The van der Waals surface area contributed by atoms with Crippen LogP contribution in [0.2, 0.25) is 0 Å². The number of benzene rings is 2.